The van der Waals surface area contributed by atoms with Crippen molar-refractivity contribution >= 4 is 43.6 Å². The van der Waals surface area contributed by atoms with Gasteiger partial charge in [0.1, 0.15) is 46.3 Å². The second-order valence-corrected chi connectivity index (χ2v) is 14.3. The lowest BCUT2D eigenvalue weighted by atomic mass is 10.1. The monoisotopic (exact) mass is 784 g/mol. The molecular weight excluding hydrogens is 755 g/mol. The summed E-state index contributed by atoms with van der Waals surface area (Å²) < 4.78 is 44.4. The van der Waals surface area contributed by atoms with Gasteiger partial charge in [0, 0.05) is 44.8 Å². The normalized spacial score (nSPS) is 11.5. The molecule has 0 fully saturated rings. The first-order chi connectivity index (χ1) is 29.5. The van der Waals surface area contributed by atoms with Crippen LogP contribution in [0.15, 0.2) is 183 Å². The lowest BCUT2D eigenvalue weighted by molar-refractivity contribution is 0.483. The summed E-state index contributed by atoms with van der Waals surface area (Å²) in [5.74, 6) is 3.00. The van der Waals surface area contributed by atoms with Crippen molar-refractivity contribution in [3.05, 3.63) is 194 Å². The number of halogens is 2. The van der Waals surface area contributed by atoms with Crippen molar-refractivity contribution in [2.24, 2.45) is 0 Å². The van der Waals surface area contributed by atoms with Crippen molar-refractivity contribution in [1.29, 1.82) is 0 Å². The average molecular weight is 785 g/mol. The van der Waals surface area contributed by atoms with E-state index < -0.39 is 11.6 Å². The zero-order valence-corrected chi connectivity index (χ0v) is 31.6. The third-order valence-corrected chi connectivity index (χ3v) is 10.6. The Morgan fingerprint density at radius 1 is 0.350 bits per heavy atom. The number of nitrogens with zero attached hydrogens (tertiary/aromatic N) is 6. The summed E-state index contributed by atoms with van der Waals surface area (Å²) in [6, 6.07) is 49.7. The summed E-state index contributed by atoms with van der Waals surface area (Å²) >= 11 is 0. The van der Waals surface area contributed by atoms with Gasteiger partial charge in [-0.15, -0.1) is 0 Å². The summed E-state index contributed by atoms with van der Waals surface area (Å²) in [5, 5.41) is 4.20. The van der Waals surface area contributed by atoms with E-state index in [9.17, 15) is 8.78 Å². The number of pyridine rings is 2. The number of aromatic nitrogens is 6. The zero-order chi connectivity index (χ0) is 40.2. The van der Waals surface area contributed by atoms with Gasteiger partial charge in [-0.05, 0) is 84.9 Å². The summed E-state index contributed by atoms with van der Waals surface area (Å²) in [4.78, 5) is 18.3. The van der Waals surface area contributed by atoms with Crippen LogP contribution in [0.1, 0.15) is 0 Å². The van der Waals surface area contributed by atoms with Crippen LogP contribution in [0.5, 0.6) is 23.0 Å². The molecule has 0 amide bonds. The molecule has 0 radical (unpaired) electrons. The van der Waals surface area contributed by atoms with Gasteiger partial charge in [0.05, 0.1) is 58.2 Å². The smallest absolute Gasteiger partial charge is 0.141 e. The molecule has 0 atom stereocenters. The van der Waals surface area contributed by atoms with Crippen LogP contribution >= 0.6 is 0 Å². The minimum Gasteiger partial charge on any atom is -0.457 e. The highest BCUT2D eigenvalue weighted by Gasteiger charge is 2.16. The van der Waals surface area contributed by atoms with E-state index in [0.29, 0.717) is 46.0 Å². The summed E-state index contributed by atoms with van der Waals surface area (Å²) in [7, 11) is 0. The van der Waals surface area contributed by atoms with Crippen molar-refractivity contribution in [3.63, 3.8) is 0 Å². The Labute approximate surface area is 341 Å². The van der Waals surface area contributed by atoms with Gasteiger partial charge in [-0.3, -0.25) is 19.1 Å². The molecule has 286 valence electrons. The van der Waals surface area contributed by atoms with Crippen LogP contribution in [0.25, 0.3) is 77.8 Å². The van der Waals surface area contributed by atoms with Gasteiger partial charge in [-0.25, -0.2) is 18.7 Å². The number of ether oxygens (including phenoxy) is 2. The van der Waals surface area contributed by atoms with E-state index in [0.717, 1.165) is 54.7 Å². The SMILES string of the molecule is Fc1ccc(-n2c3ccccc3c3ccc(Oc4cccc(-c5cnc(-c6cccc(Oc7ccc8c9ccccc9n(-c9ccc(F)cn9)c8c7)c6)cn5)c4)cc32)nc1. The molecule has 5 heterocycles. The topological polar surface area (TPSA) is 79.9 Å². The van der Waals surface area contributed by atoms with E-state index in [1.165, 1.54) is 24.5 Å². The Morgan fingerprint density at radius 2 is 0.783 bits per heavy atom. The first kappa shape index (κ1) is 35.0. The first-order valence-corrected chi connectivity index (χ1v) is 19.2. The molecule has 5 aromatic heterocycles. The minimum atomic E-state index is -0.391. The van der Waals surface area contributed by atoms with Gasteiger partial charge >= 0.3 is 0 Å². The molecule has 10 heteroatoms. The number of para-hydroxylation sites is 2. The Balaban J connectivity index is 0.848. The minimum absolute atomic E-state index is 0.391. The Kier molecular flexibility index (Phi) is 8.33. The third-order valence-electron chi connectivity index (χ3n) is 10.6. The van der Waals surface area contributed by atoms with E-state index in [1.54, 1.807) is 24.5 Å². The Hall–Kier alpha value is -8.24. The van der Waals surface area contributed by atoms with Crippen molar-refractivity contribution in [2.75, 3.05) is 0 Å². The van der Waals surface area contributed by atoms with Gasteiger partial charge in [0.25, 0.3) is 0 Å². The van der Waals surface area contributed by atoms with Crippen LogP contribution in [0.2, 0.25) is 0 Å². The molecule has 0 aliphatic carbocycles. The van der Waals surface area contributed by atoms with Gasteiger partial charge in [-0.2, -0.15) is 0 Å². The second kappa shape index (κ2) is 14.3. The predicted molar refractivity (Wildman–Crippen MR) is 230 cm³/mol. The van der Waals surface area contributed by atoms with E-state index in [4.69, 9.17) is 19.4 Å². The molecule has 60 heavy (non-hydrogen) atoms. The molecule has 0 bridgehead atoms. The number of hydrogen-bond donors (Lipinski definition) is 0. The van der Waals surface area contributed by atoms with Crippen molar-refractivity contribution < 1.29 is 18.3 Å². The molecule has 0 aliphatic heterocycles. The standard InChI is InChI=1S/C50H30F2N6O2/c51-33-15-21-49(55-27-33)57-45-13-3-1-11-39(45)41-19-17-37(25-47(41)57)59-35-9-5-7-31(23-35)43-29-54-44(30-53-43)32-8-6-10-36(24-32)60-38-18-20-42-40-12-2-4-14-46(40)58(48(42)26-38)50-22-16-34(52)28-56-50/h1-30H. The molecule has 0 unspecified atom stereocenters. The molecule has 8 nitrogen and oxygen atoms in total. The molecule has 0 saturated heterocycles. The molecule has 11 rings (SSSR count). The molecule has 0 aliphatic rings. The van der Waals surface area contributed by atoms with Crippen LogP contribution in [0.3, 0.4) is 0 Å². The number of hydrogen-bond acceptors (Lipinski definition) is 6. The van der Waals surface area contributed by atoms with E-state index >= 15 is 0 Å². The van der Waals surface area contributed by atoms with Crippen molar-refractivity contribution in [3.8, 4) is 57.1 Å². The van der Waals surface area contributed by atoms with Gasteiger partial charge in [0.15, 0.2) is 0 Å². The second-order valence-electron chi connectivity index (χ2n) is 14.3. The van der Waals surface area contributed by atoms with Crippen LogP contribution < -0.4 is 9.47 Å². The van der Waals surface area contributed by atoms with E-state index in [-0.39, 0.29) is 0 Å². The molecule has 6 aromatic carbocycles. The summed E-state index contributed by atoms with van der Waals surface area (Å²) in [6.07, 6.45) is 5.95. The van der Waals surface area contributed by atoms with Crippen molar-refractivity contribution in [1.82, 2.24) is 29.1 Å². The highest BCUT2D eigenvalue weighted by molar-refractivity contribution is 6.10. The van der Waals surface area contributed by atoms with Crippen LogP contribution in [-0.4, -0.2) is 29.1 Å². The number of rotatable bonds is 8. The van der Waals surface area contributed by atoms with Crippen LogP contribution in [0.4, 0.5) is 8.78 Å². The lowest BCUT2D eigenvalue weighted by Crippen LogP contribution is -1.97. The van der Waals surface area contributed by atoms with Gasteiger partial charge < -0.3 is 9.47 Å². The lowest BCUT2D eigenvalue weighted by Gasteiger charge is -2.11. The fraction of sp³-hybridized carbons (Fsp3) is 0. The zero-order valence-electron chi connectivity index (χ0n) is 31.6. The highest BCUT2D eigenvalue weighted by atomic mass is 19.1. The number of benzene rings is 6. The maximum Gasteiger partial charge on any atom is 0.141 e. The Morgan fingerprint density at radius 3 is 1.22 bits per heavy atom. The quantitative estimate of drug-likeness (QED) is 0.153. The van der Waals surface area contributed by atoms with Crippen LogP contribution in [-0.2, 0) is 0 Å². The molecule has 11 aromatic rings. The van der Waals surface area contributed by atoms with Crippen LogP contribution in [0, 0.1) is 11.6 Å². The maximum atomic E-state index is 13.8. The molecule has 0 saturated carbocycles. The third kappa shape index (κ3) is 6.23. The summed E-state index contributed by atoms with van der Waals surface area (Å²) in [5.41, 5.74) is 6.78. The van der Waals surface area contributed by atoms with Crippen molar-refractivity contribution in [2.45, 2.75) is 0 Å². The fourth-order valence-corrected chi connectivity index (χ4v) is 7.86. The number of fused-ring (bicyclic) bond motifs is 6. The van der Waals surface area contributed by atoms with Gasteiger partial charge in [-0.1, -0.05) is 60.7 Å². The highest BCUT2D eigenvalue weighted by Crippen LogP contribution is 2.37. The molecule has 0 spiro atoms. The maximum absolute atomic E-state index is 13.8. The summed E-state index contributed by atoms with van der Waals surface area (Å²) in [6.45, 7) is 0. The van der Waals surface area contributed by atoms with E-state index in [1.807, 2.05) is 130 Å². The predicted octanol–water partition coefficient (Wildman–Crippen LogP) is 12.7. The van der Waals surface area contributed by atoms with Gasteiger partial charge in [0.2, 0.25) is 0 Å². The molecular formula is C50H30F2N6O2. The first-order valence-electron chi connectivity index (χ1n) is 19.2. The largest absolute Gasteiger partial charge is 0.457 e. The van der Waals surface area contributed by atoms with E-state index in [2.05, 4.69) is 22.1 Å². The molecule has 0 N–H and O–H groups in total. The Bertz CT molecular complexity index is 3170. The fourth-order valence-electron chi connectivity index (χ4n) is 7.86. The average Bonchev–Trinajstić information content (AvgIpc) is 3.79.